The SMILES string of the molecule is CC(C)OC(=O)/C=C/c1cccc([N+](=O)[O-])c1. The Bertz CT molecular complexity index is 452. The summed E-state index contributed by atoms with van der Waals surface area (Å²) in [4.78, 5) is 21.2. The predicted octanol–water partition coefficient (Wildman–Crippen LogP) is 2.56. The maximum atomic E-state index is 11.2. The Kier molecular flexibility index (Phi) is 4.39. The molecule has 0 aliphatic rings. The van der Waals surface area contributed by atoms with Crippen LogP contribution in [0.25, 0.3) is 6.08 Å². The van der Waals surface area contributed by atoms with Gasteiger partial charge in [-0.15, -0.1) is 0 Å². The predicted molar refractivity (Wildman–Crippen MR) is 63.4 cm³/mol. The molecule has 0 saturated carbocycles. The van der Waals surface area contributed by atoms with Crippen molar-refractivity contribution >= 4 is 17.7 Å². The van der Waals surface area contributed by atoms with Crippen molar-refractivity contribution in [2.45, 2.75) is 20.0 Å². The number of non-ortho nitro benzene ring substituents is 1. The third-order valence-electron chi connectivity index (χ3n) is 1.84. The number of nitro groups is 1. The van der Waals surface area contributed by atoms with E-state index in [9.17, 15) is 14.9 Å². The third kappa shape index (κ3) is 4.46. The van der Waals surface area contributed by atoms with Crippen molar-refractivity contribution in [2.24, 2.45) is 0 Å². The molecule has 0 aliphatic carbocycles. The number of nitrogens with zero attached hydrogens (tertiary/aromatic N) is 1. The normalized spacial score (nSPS) is 10.8. The fourth-order valence-electron chi connectivity index (χ4n) is 1.18. The fourth-order valence-corrected chi connectivity index (χ4v) is 1.18. The summed E-state index contributed by atoms with van der Waals surface area (Å²) in [6.45, 7) is 3.50. The van der Waals surface area contributed by atoms with Crippen LogP contribution >= 0.6 is 0 Å². The van der Waals surface area contributed by atoms with E-state index in [0.29, 0.717) is 5.56 Å². The quantitative estimate of drug-likeness (QED) is 0.348. The maximum absolute atomic E-state index is 11.2. The van der Waals surface area contributed by atoms with E-state index >= 15 is 0 Å². The molecule has 5 heteroatoms. The van der Waals surface area contributed by atoms with Gasteiger partial charge in [-0.25, -0.2) is 4.79 Å². The summed E-state index contributed by atoms with van der Waals surface area (Å²) in [5.41, 5.74) is 0.573. The van der Waals surface area contributed by atoms with Crippen molar-refractivity contribution in [3.63, 3.8) is 0 Å². The van der Waals surface area contributed by atoms with E-state index in [2.05, 4.69) is 0 Å². The number of esters is 1. The van der Waals surface area contributed by atoms with E-state index in [1.807, 2.05) is 0 Å². The van der Waals surface area contributed by atoms with Gasteiger partial charge in [0.05, 0.1) is 11.0 Å². The topological polar surface area (TPSA) is 69.4 Å². The molecule has 0 heterocycles. The van der Waals surface area contributed by atoms with Crippen molar-refractivity contribution in [3.8, 4) is 0 Å². The van der Waals surface area contributed by atoms with E-state index in [0.717, 1.165) is 0 Å². The molecule has 17 heavy (non-hydrogen) atoms. The van der Waals surface area contributed by atoms with Gasteiger partial charge in [-0.1, -0.05) is 12.1 Å². The average Bonchev–Trinajstić information content (AvgIpc) is 2.26. The number of benzene rings is 1. The summed E-state index contributed by atoms with van der Waals surface area (Å²) in [6, 6.07) is 6.01. The minimum atomic E-state index is -0.482. The molecule has 0 aliphatic heterocycles. The Hall–Kier alpha value is -2.17. The molecule has 90 valence electrons. The molecule has 0 saturated heterocycles. The molecular formula is C12H13NO4. The smallest absolute Gasteiger partial charge is 0.331 e. The Morgan fingerprint density at radius 1 is 1.47 bits per heavy atom. The number of hydrogen-bond donors (Lipinski definition) is 0. The van der Waals surface area contributed by atoms with Crippen molar-refractivity contribution in [1.29, 1.82) is 0 Å². The van der Waals surface area contributed by atoms with Crippen molar-refractivity contribution in [1.82, 2.24) is 0 Å². The van der Waals surface area contributed by atoms with Gasteiger partial charge in [0.1, 0.15) is 0 Å². The second-order valence-electron chi connectivity index (χ2n) is 3.67. The minimum Gasteiger partial charge on any atom is -0.460 e. The molecule has 0 aromatic heterocycles. The summed E-state index contributed by atoms with van der Waals surface area (Å²) in [5.74, 6) is -0.466. The molecule has 0 fully saturated rings. The summed E-state index contributed by atoms with van der Waals surface area (Å²) in [7, 11) is 0. The van der Waals surface area contributed by atoms with Crippen LogP contribution in [0.15, 0.2) is 30.3 Å². The van der Waals surface area contributed by atoms with Gasteiger partial charge in [0.25, 0.3) is 5.69 Å². The molecule has 0 amide bonds. The average molecular weight is 235 g/mol. The molecule has 0 radical (unpaired) electrons. The van der Waals surface area contributed by atoms with Crippen LogP contribution in [-0.4, -0.2) is 17.0 Å². The first-order valence-electron chi connectivity index (χ1n) is 5.12. The highest BCUT2D eigenvalue weighted by atomic mass is 16.6. The van der Waals surface area contributed by atoms with Crippen LogP contribution in [0.3, 0.4) is 0 Å². The Morgan fingerprint density at radius 3 is 2.76 bits per heavy atom. The zero-order valence-corrected chi connectivity index (χ0v) is 9.62. The van der Waals surface area contributed by atoms with Crippen LogP contribution in [0, 0.1) is 10.1 Å². The van der Waals surface area contributed by atoms with E-state index in [1.54, 1.807) is 26.0 Å². The highest BCUT2D eigenvalue weighted by Crippen LogP contribution is 2.14. The van der Waals surface area contributed by atoms with Gasteiger partial charge >= 0.3 is 5.97 Å². The monoisotopic (exact) mass is 235 g/mol. The molecule has 0 spiro atoms. The van der Waals surface area contributed by atoms with Gasteiger partial charge in [-0.3, -0.25) is 10.1 Å². The van der Waals surface area contributed by atoms with Crippen molar-refractivity contribution in [3.05, 3.63) is 46.0 Å². The lowest BCUT2D eigenvalue weighted by Gasteiger charge is -2.03. The van der Waals surface area contributed by atoms with E-state index in [1.165, 1.54) is 24.3 Å². The van der Waals surface area contributed by atoms with Gasteiger partial charge in [-0.05, 0) is 25.5 Å². The van der Waals surface area contributed by atoms with E-state index in [-0.39, 0.29) is 11.8 Å². The Balaban J connectivity index is 2.74. The summed E-state index contributed by atoms with van der Waals surface area (Å²) < 4.78 is 4.89. The number of carbonyl (C=O) groups is 1. The number of carbonyl (C=O) groups excluding carboxylic acids is 1. The van der Waals surface area contributed by atoms with E-state index in [4.69, 9.17) is 4.74 Å². The number of ether oxygens (including phenoxy) is 1. The number of rotatable bonds is 4. The van der Waals surface area contributed by atoms with Crippen LogP contribution in [0.1, 0.15) is 19.4 Å². The molecule has 0 bridgehead atoms. The van der Waals surface area contributed by atoms with Gasteiger partial charge in [-0.2, -0.15) is 0 Å². The van der Waals surface area contributed by atoms with Crippen molar-refractivity contribution < 1.29 is 14.5 Å². The zero-order chi connectivity index (χ0) is 12.8. The summed E-state index contributed by atoms with van der Waals surface area (Å²) >= 11 is 0. The molecule has 1 aromatic rings. The first-order valence-corrected chi connectivity index (χ1v) is 5.12. The molecule has 0 N–H and O–H groups in total. The van der Waals surface area contributed by atoms with E-state index < -0.39 is 10.9 Å². The van der Waals surface area contributed by atoms with Crippen LogP contribution in [0.5, 0.6) is 0 Å². The largest absolute Gasteiger partial charge is 0.460 e. The Morgan fingerprint density at radius 2 is 2.18 bits per heavy atom. The lowest BCUT2D eigenvalue weighted by molar-refractivity contribution is -0.384. The lowest BCUT2D eigenvalue weighted by Crippen LogP contribution is -2.08. The van der Waals surface area contributed by atoms with Crippen LogP contribution < -0.4 is 0 Å². The van der Waals surface area contributed by atoms with Crippen LogP contribution in [-0.2, 0) is 9.53 Å². The lowest BCUT2D eigenvalue weighted by atomic mass is 10.2. The minimum absolute atomic E-state index is 0.00984. The van der Waals surface area contributed by atoms with Gasteiger partial charge in [0.2, 0.25) is 0 Å². The standard InChI is InChI=1S/C12H13NO4/c1-9(2)17-12(14)7-6-10-4-3-5-11(8-10)13(15)16/h3-9H,1-2H3/b7-6+. The van der Waals surface area contributed by atoms with Crippen LogP contribution in [0.2, 0.25) is 0 Å². The van der Waals surface area contributed by atoms with Gasteiger partial charge < -0.3 is 4.74 Å². The number of nitro benzene ring substituents is 1. The molecule has 1 rings (SSSR count). The number of hydrogen-bond acceptors (Lipinski definition) is 4. The molecule has 5 nitrogen and oxygen atoms in total. The second kappa shape index (κ2) is 5.79. The van der Waals surface area contributed by atoms with Gasteiger partial charge in [0.15, 0.2) is 0 Å². The first kappa shape index (κ1) is 12.9. The zero-order valence-electron chi connectivity index (χ0n) is 9.62. The molecular weight excluding hydrogens is 222 g/mol. The van der Waals surface area contributed by atoms with Crippen LogP contribution in [0.4, 0.5) is 5.69 Å². The second-order valence-corrected chi connectivity index (χ2v) is 3.67. The summed E-state index contributed by atoms with van der Waals surface area (Å²) in [6.07, 6.45) is 2.55. The maximum Gasteiger partial charge on any atom is 0.331 e. The first-order chi connectivity index (χ1) is 7.99. The third-order valence-corrected chi connectivity index (χ3v) is 1.84. The summed E-state index contributed by atoms with van der Waals surface area (Å²) in [5, 5.41) is 10.5. The Labute approximate surface area is 98.9 Å². The fraction of sp³-hybridized carbons (Fsp3) is 0.250. The molecule has 1 aromatic carbocycles. The van der Waals surface area contributed by atoms with Crippen molar-refractivity contribution in [2.75, 3.05) is 0 Å². The van der Waals surface area contributed by atoms with Gasteiger partial charge in [0, 0.05) is 18.2 Å². The molecule has 0 unspecified atom stereocenters. The molecule has 0 atom stereocenters. The highest BCUT2D eigenvalue weighted by Gasteiger charge is 2.04. The highest BCUT2D eigenvalue weighted by molar-refractivity contribution is 5.87.